The lowest BCUT2D eigenvalue weighted by Crippen LogP contribution is -2.20. The minimum absolute atomic E-state index is 0.189. The van der Waals surface area contributed by atoms with E-state index in [-0.39, 0.29) is 5.11 Å². The highest BCUT2D eigenvalue weighted by Crippen LogP contribution is 2.22. The number of aromatic nitrogens is 3. The number of thiocarbonyl (C=S) groups is 1. The van der Waals surface area contributed by atoms with Crippen LogP contribution in [0.2, 0.25) is 0 Å². The first kappa shape index (κ1) is 10.1. The second-order valence-corrected chi connectivity index (χ2v) is 3.93. The number of aryl methyl sites for hydroxylation is 1. The number of H-pyrrole nitrogens is 2. The van der Waals surface area contributed by atoms with Gasteiger partial charge in [0.25, 0.3) is 0 Å². The van der Waals surface area contributed by atoms with Gasteiger partial charge < -0.3 is 21.0 Å². The maximum Gasteiger partial charge on any atom is 0.200 e. The molecule has 5 N–H and O–H groups in total. The van der Waals surface area contributed by atoms with Crippen molar-refractivity contribution in [3.05, 3.63) is 16.5 Å². The lowest BCUT2D eigenvalue weighted by molar-refractivity contribution is 1.17. The molecular formula is C8H9N5S2. The van der Waals surface area contributed by atoms with Gasteiger partial charge in [-0.2, -0.15) is 0 Å². The summed E-state index contributed by atoms with van der Waals surface area (Å²) in [6.45, 7) is 1.96. The fourth-order valence-corrected chi connectivity index (χ4v) is 1.72. The average Bonchev–Trinajstić information content (AvgIpc) is 2.46. The van der Waals surface area contributed by atoms with Crippen molar-refractivity contribution in [3.8, 4) is 0 Å². The van der Waals surface area contributed by atoms with E-state index in [9.17, 15) is 0 Å². The van der Waals surface area contributed by atoms with Crippen LogP contribution in [0, 0.1) is 11.7 Å². The molecule has 15 heavy (non-hydrogen) atoms. The summed E-state index contributed by atoms with van der Waals surface area (Å²) in [4.78, 5) is 10.1. The number of fused-ring (bicyclic) bond motifs is 1. The molecule has 0 spiro atoms. The van der Waals surface area contributed by atoms with E-state index in [1.165, 1.54) is 0 Å². The molecule has 2 rings (SSSR count). The maximum absolute atomic E-state index is 5.42. The molecule has 0 aliphatic heterocycles. The third-order valence-corrected chi connectivity index (χ3v) is 2.30. The van der Waals surface area contributed by atoms with Crippen molar-refractivity contribution in [3.63, 3.8) is 0 Å². The van der Waals surface area contributed by atoms with Crippen molar-refractivity contribution in [1.29, 1.82) is 0 Å². The maximum atomic E-state index is 5.42. The van der Waals surface area contributed by atoms with Gasteiger partial charge in [-0.3, -0.25) is 0 Å². The summed E-state index contributed by atoms with van der Waals surface area (Å²) in [6.07, 6.45) is 1.85. The molecule has 0 aliphatic carbocycles. The molecule has 0 radical (unpaired) electrons. The monoisotopic (exact) mass is 239 g/mol. The molecule has 0 aromatic carbocycles. The Morgan fingerprint density at radius 2 is 2.33 bits per heavy atom. The minimum atomic E-state index is 0.189. The lowest BCUT2D eigenvalue weighted by atomic mass is 10.2. The number of hydrogen-bond donors (Lipinski definition) is 4. The molecule has 0 atom stereocenters. The SMILES string of the molecule is Cc1c[nH]c2nc(=S)[nH]c(NC(N)=S)c12. The van der Waals surface area contributed by atoms with Crippen LogP contribution >= 0.6 is 24.4 Å². The first-order valence-electron chi connectivity index (χ1n) is 4.22. The van der Waals surface area contributed by atoms with Crippen LogP contribution in [-0.2, 0) is 0 Å². The molecule has 0 fully saturated rings. The van der Waals surface area contributed by atoms with Gasteiger partial charge in [0.05, 0.1) is 5.39 Å². The van der Waals surface area contributed by atoms with Gasteiger partial charge >= 0.3 is 0 Å². The van der Waals surface area contributed by atoms with Gasteiger partial charge in [0.1, 0.15) is 11.5 Å². The van der Waals surface area contributed by atoms with Gasteiger partial charge in [-0.25, -0.2) is 4.98 Å². The Balaban J connectivity index is 2.74. The first-order chi connectivity index (χ1) is 7.08. The van der Waals surface area contributed by atoms with Crippen LogP contribution in [0.15, 0.2) is 6.20 Å². The molecule has 2 aromatic heterocycles. The molecule has 0 unspecified atom stereocenters. The van der Waals surface area contributed by atoms with Gasteiger partial charge in [0.15, 0.2) is 9.88 Å². The summed E-state index contributed by atoms with van der Waals surface area (Å²) in [6, 6.07) is 0. The standard InChI is InChI=1S/C8H9N5S2/c1-3-2-10-5-4(3)6(11-7(9)14)13-8(15)12-5/h2H,1H3,(H5,9,10,11,12,13,14,15). The largest absolute Gasteiger partial charge is 0.376 e. The van der Waals surface area contributed by atoms with E-state index < -0.39 is 0 Å². The molecule has 0 amide bonds. The molecule has 7 heteroatoms. The third-order valence-electron chi connectivity index (χ3n) is 2.00. The van der Waals surface area contributed by atoms with E-state index in [0.29, 0.717) is 10.6 Å². The van der Waals surface area contributed by atoms with Crippen molar-refractivity contribution < 1.29 is 0 Å². The summed E-state index contributed by atoms with van der Waals surface area (Å²) in [5.41, 5.74) is 7.18. The van der Waals surface area contributed by atoms with Crippen molar-refractivity contribution in [2.24, 2.45) is 5.73 Å². The Kier molecular flexibility index (Phi) is 2.41. The number of rotatable bonds is 1. The van der Waals surface area contributed by atoms with Crippen LogP contribution in [0.5, 0.6) is 0 Å². The normalized spacial score (nSPS) is 10.5. The van der Waals surface area contributed by atoms with E-state index in [1.807, 2.05) is 13.1 Å². The molecule has 78 valence electrons. The van der Waals surface area contributed by atoms with E-state index in [0.717, 1.165) is 16.6 Å². The number of aromatic amines is 2. The highest BCUT2D eigenvalue weighted by atomic mass is 32.1. The van der Waals surface area contributed by atoms with Gasteiger partial charge in [0.2, 0.25) is 0 Å². The number of nitrogens with two attached hydrogens (primary N) is 1. The summed E-state index contributed by atoms with van der Waals surface area (Å²) < 4.78 is 0.378. The quantitative estimate of drug-likeness (QED) is 0.568. The Morgan fingerprint density at radius 3 is 3.00 bits per heavy atom. The molecule has 2 aromatic rings. The van der Waals surface area contributed by atoms with Crippen LogP contribution < -0.4 is 11.1 Å². The van der Waals surface area contributed by atoms with Crippen LogP contribution in [0.1, 0.15) is 5.56 Å². The Labute approximate surface area is 96.1 Å². The van der Waals surface area contributed by atoms with E-state index in [1.54, 1.807) is 0 Å². The molecular weight excluding hydrogens is 230 g/mol. The predicted octanol–water partition coefficient (Wildman–Crippen LogP) is 1.58. The van der Waals surface area contributed by atoms with Gasteiger partial charge in [-0.1, -0.05) is 0 Å². The second-order valence-electron chi connectivity index (χ2n) is 3.10. The van der Waals surface area contributed by atoms with Crippen molar-refractivity contribution in [2.45, 2.75) is 6.92 Å². The van der Waals surface area contributed by atoms with Crippen molar-refractivity contribution in [2.75, 3.05) is 5.32 Å². The van der Waals surface area contributed by atoms with E-state index >= 15 is 0 Å². The highest BCUT2D eigenvalue weighted by Gasteiger charge is 2.08. The average molecular weight is 239 g/mol. The zero-order valence-corrected chi connectivity index (χ0v) is 9.55. The molecule has 5 nitrogen and oxygen atoms in total. The van der Waals surface area contributed by atoms with Crippen molar-refractivity contribution in [1.82, 2.24) is 15.0 Å². The summed E-state index contributed by atoms with van der Waals surface area (Å²) >= 11 is 9.76. The first-order valence-corrected chi connectivity index (χ1v) is 5.04. The second kappa shape index (κ2) is 3.59. The number of nitrogens with one attached hydrogen (secondary N) is 3. The van der Waals surface area contributed by atoms with Crippen LogP contribution in [0.4, 0.5) is 5.82 Å². The molecule has 2 heterocycles. The molecule has 0 aliphatic rings. The van der Waals surface area contributed by atoms with Gasteiger partial charge in [-0.05, 0) is 36.9 Å². The summed E-state index contributed by atoms with van der Waals surface area (Å²) in [5.74, 6) is 0.677. The highest BCUT2D eigenvalue weighted by molar-refractivity contribution is 7.80. The Hall–Kier alpha value is -1.47. The Morgan fingerprint density at radius 1 is 1.60 bits per heavy atom. The predicted molar refractivity (Wildman–Crippen MR) is 66.4 cm³/mol. The number of anilines is 1. The summed E-state index contributed by atoms with van der Waals surface area (Å²) in [7, 11) is 0. The smallest absolute Gasteiger partial charge is 0.200 e. The zero-order chi connectivity index (χ0) is 11.0. The fourth-order valence-electron chi connectivity index (χ4n) is 1.43. The fraction of sp³-hybridized carbons (Fsp3) is 0.125. The van der Waals surface area contributed by atoms with Crippen molar-refractivity contribution >= 4 is 46.4 Å². The zero-order valence-electron chi connectivity index (χ0n) is 7.92. The minimum Gasteiger partial charge on any atom is -0.376 e. The number of nitrogens with zero attached hydrogens (tertiary/aromatic N) is 1. The third kappa shape index (κ3) is 1.83. The van der Waals surface area contributed by atoms with Crippen LogP contribution in [0.3, 0.4) is 0 Å². The summed E-state index contributed by atoms with van der Waals surface area (Å²) in [5, 5.41) is 3.94. The van der Waals surface area contributed by atoms with E-state index in [2.05, 4.69) is 20.3 Å². The van der Waals surface area contributed by atoms with Crippen LogP contribution in [-0.4, -0.2) is 20.1 Å². The Bertz CT molecular complexity index is 582. The van der Waals surface area contributed by atoms with Crippen LogP contribution in [0.25, 0.3) is 11.0 Å². The molecule has 0 saturated heterocycles. The lowest BCUT2D eigenvalue weighted by Gasteiger charge is -2.05. The number of hydrogen-bond acceptors (Lipinski definition) is 3. The molecule has 0 saturated carbocycles. The van der Waals surface area contributed by atoms with Gasteiger partial charge in [0, 0.05) is 6.20 Å². The van der Waals surface area contributed by atoms with E-state index in [4.69, 9.17) is 30.2 Å². The topological polar surface area (TPSA) is 82.5 Å². The molecule has 0 bridgehead atoms. The van der Waals surface area contributed by atoms with Gasteiger partial charge in [-0.15, -0.1) is 0 Å².